The maximum Gasteiger partial charge on any atom is 0.311 e. The maximum absolute atomic E-state index is 13.7. The van der Waals surface area contributed by atoms with Gasteiger partial charge < -0.3 is 14.2 Å². The molecular formula is C31H37N3O5. The molecule has 0 aromatic heterocycles. The summed E-state index contributed by atoms with van der Waals surface area (Å²) in [5.74, 6) is 2.26. The van der Waals surface area contributed by atoms with Gasteiger partial charge in [0.15, 0.2) is 11.5 Å². The number of carbonyl (C=O) groups excluding carboxylic acids is 2. The quantitative estimate of drug-likeness (QED) is 0.401. The van der Waals surface area contributed by atoms with E-state index < -0.39 is 0 Å². The average molecular weight is 532 g/mol. The first-order chi connectivity index (χ1) is 19.0. The molecule has 2 atom stereocenters. The summed E-state index contributed by atoms with van der Waals surface area (Å²) in [6.07, 6.45) is 7.09. The number of esters is 1. The van der Waals surface area contributed by atoms with E-state index in [1.165, 1.54) is 0 Å². The number of likely N-dealkylation sites (tertiary alicyclic amines) is 1. The van der Waals surface area contributed by atoms with Crippen LogP contribution in [0.1, 0.15) is 61.6 Å². The Labute approximate surface area is 229 Å². The third kappa shape index (κ3) is 5.14. The van der Waals surface area contributed by atoms with Crippen LogP contribution in [-0.2, 0) is 22.6 Å². The van der Waals surface area contributed by atoms with Crippen molar-refractivity contribution in [2.24, 2.45) is 16.9 Å². The highest BCUT2D eigenvalue weighted by molar-refractivity contribution is 6.07. The molecule has 0 bridgehead atoms. The van der Waals surface area contributed by atoms with E-state index in [1.807, 2.05) is 29.3 Å². The highest BCUT2D eigenvalue weighted by Gasteiger charge is 2.43. The van der Waals surface area contributed by atoms with Gasteiger partial charge in [0, 0.05) is 37.0 Å². The van der Waals surface area contributed by atoms with Crippen molar-refractivity contribution in [1.82, 2.24) is 9.91 Å². The fourth-order valence-electron chi connectivity index (χ4n) is 6.68. The number of benzene rings is 2. The van der Waals surface area contributed by atoms with Gasteiger partial charge in [0.2, 0.25) is 5.91 Å². The number of methoxy groups -OCH3 is 2. The lowest BCUT2D eigenvalue weighted by atomic mass is 9.73. The summed E-state index contributed by atoms with van der Waals surface area (Å²) in [5, 5.41) is 6.90. The second-order valence-electron chi connectivity index (χ2n) is 11.2. The monoisotopic (exact) mass is 531 g/mol. The van der Waals surface area contributed by atoms with Gasteiger partial charge in [-0.2, -0.15) is 5.10 Å². The zero-order chi connectivity index (χ0) is 26.9. The Kier molecular flexibility index (Phi) is 7.30. The van der Waals surface area contributed by atoms with E-state index in [0.717, 1.165) is 87.0 Å². The Morgan fingerprint density at radius 3 is 2.44 bits per heavy atom. The van der Waals surface area contributed by atoms with Gasteiger partial charge in [-0.15, -0.1) is 0 Å². The molecule has 2 aromatic rings. The van der Waals surface area contributed by atoms with Gasteiger partial charge in [-0.3, -0.25) is 14.5 Å². The first-order valence-corrected chi connectivity index (χ1v) is 14.2. The summed E-state index contributed by atoms with van der Waals surface area (Å²) in [4.78, 5) is 27.8. The number of amides is 1. The van der Waals surface area contributed by atoms with E-state index in [9.17, 15) is 9.59 Å². The Morgan fingerprint density at radius 1 is 0.897 bits per heavy atom. The van der Waals surface area contributed by atoms with Crippen LogP contribution in [0.3, 0.4) is 0 Å². The van der Waals surface area contributed by atoms with Gasteiger partial charge in [0.25, 0.3) is 0 Å². The number of piperidine rings is 1. The molecule has 0 spiro atoms. The molecule has 1 amide bonds. The number of carbonyl (C=O) groups is 2. The van der Waals surface area contributed by atoms with Gasteiger partial charge >= 0.3 is 5.97 Å². The van der Waals surface area contributed by atoms with Gasteiger partial charge in [-0.1, -0.05) is 25.0 Å². The number of hydrazone groups is 1. The van der Waals surface area contributed by atoms with Crippen LogP contribution in [0.2, 0.25) is 0 Å². The van der Waals surface area contributed by atoms with Crippen molar-refractivity contribution in [2.75, 3.05) is 27.3 Å². The predicted octanol–water partition coefficient (Wildman–Crippen LogP) is 4.57. The van der Waals surface area contributed by atoms with Crippen molar-refractivity contribution in [3.05, 3.63) is 53.1 Å². The molecule has 8 nitrogen and oxygen atoms in total. The first-order valence-electron chi connectivity index (χ1n) is 14.2. The van der Waals surface area contributed by atoms with Crippen LogP contribution in [-0.4, -0.2) is 60.8 Å². The number of aryl methyl sites for hydroxylation is 1. The Bertz CT molecular complexity index is 1280. The molecule has 6 rings (SSSR count). The topological polar surface area (TPSA) is 80.7 Å². The van der Waals surface area contributed by atoms with Crippen LogP contribution < -0.4 is 14.2 Å². The summed E-state index contributed by atoms with van der Waals surface area (Å²) < 4.78 is 16.5. The van der Waals surface area contributed by atoms with E-state index in [1.54, 1.807) is 14.2 Å². The molecule has 2 aromatic carbocycles. The first kappa shape index (κ1) is 25.9. The lowest BCUT2D eigenvalue weighted by molar-refractivity contribution is -0.142. The molecule has 8 heteroatoms. The number of hydrogen-bond acceptors (Lipinski definition) is 7. The second kappa shape index (κ2) is 11.0. The van der Waals surface area contributed by atoms with Crippen molar-refractivity contribution >= 4 is 17.6 Å². The van der Waals surface area contributed by atoms with Crippen LogP contribution in [0.4, 0.5) is 0 Å². The van der Waals surface area contributed by atoms with Crippen LogP contribution >= 0.6 is 0 Å². The van der Waals surface area contributed by atoms with Crippen LogP contribution in [0.15, 0.2) is 41.5 Å². The highest BCUT2D eigenvalue weighted by atomic mass is 16.5. The molecule has 206 valence electrons. The molecule has 39 heavy (non-hydrogen) atoms. The van der Waals surface area contributed by atoms with Crippen molar-refractivity contribution in [3.8, 4) is 17.2 Å². The molecule has 2 unspecified atom stereocenters. The summed E-state index contributed by atoms with van der Waals surface area (Å²) >= 11 is 0. The van der Waals surface area contributed by atoms with E-state index in [4.69, 9.17) is 19.3 Å². The minimum atomic E-state index is -0.153. The maximum atomic E-state index is 13.7. The Hall–Kier alpha value is -3.39. The minimum Gasteiger partial charge on any atom is -0.493 e. The van der Waals surface area contributed by atoms with E-state index >= 15 is 0 Å². The summed E-state index contributed by atoms with van der Waals surface area (Å²) in [7, 11) is 3.29. The van der Waals surface area contributed by atoms with Gasteiger partial charge in [-0.05, 0) is 67.5 Å². The SMILES string of the molecule is COc1ccc(C2=NN(C3CCN(Cc4ccc5c(c4)OC(=O)CC5)CC3)C(=O)C3CCCCC23)cc1OC. The number of hydrogen-bond donors (Lipinski definition) is 0. The molecule has 1 saturated heterocycles. The average Bonchev–Trinajstić information content (AvgIpc) is 2.97. The van der Waals surface area contributed by atoms with Gasteiger partial charge in [0.1, 0.15) is 5.75 Å². The molecule has 2 fully saturated rings. The summed E-state index contributed by atoms with van der Waals surface area (Å²) in [5.41, 5.74) is 4.26. The van der Waals surface area contributed by atoms with Gasteiger partial charge in [0.05, 0.1) is 32.4 Å². The Morgan fingerprint density at radius 2 is 1.67 bits per heavy atom. The van der Waals surface area contributed by atoms with E-state index in [2.05, 4.69) is 17.0 Å². The van der Waals surface area contributed by atoms with Crippen LogP contribution in [0.25, 0.3) is 0 Å². The molecular weight excluding hydrogens is 494 g/mol. The van der Waals surface area contributed by atoms with Gasteiger partial charge in [-0.25, -0.2) is 5.01 Å². The smallest absolute Gasteiger partial charge is 0.311 e. The molecule has 3 heterocycles. The fraction of sp³-hybridized carbons (Fsp3) is 0.516. The summed E-state index contributed by atoms with van der Waals surface area (Å²) in [6, 6.07) is 12.3. The number of rotatable bonds is 6. The molecule has 4 aliphatic rings. The lowest BCUT2D eigenvalue weighted by Crippen LogP contribution is -2.52. The highest BCUT2D eigenvalue weighted by Crippen LogP contribution is 2.40. The fourth-order valence-corrected chi connectivity index (χ4v) is 6.68. The van der Waals surface area contributed by atoms with Crippen LogP contribution in [0.5, 0.6) is 17.2 Å². The molecule has 1 saturated carbocycles. The van der Waals surface area contributed by atoms with E-state index in [-0.39, 0.29) is 29.8 Å². The normalized spacial score (nSPS) is 23.9. The zero-order valence-corrected chi connectivity index (χ0v) is 22.9. The van der Waals surface area contributed by atoms with Crippen molar-refractivity contribution < 1.29 is 23.8 Å². The van der Waals surface area contributed by atoms with E-state index in [0.29, 0.717) is 23.7 Å². The molecule has 1 aliphatic carbocycles. The number of nitrogens with zero attached hydrogens (tertiary/aromatic N) is 3. The Balaban J connectivity index is 1.18. The third-order valence-electron chi connectivity index (χ3n) is 8.82. The predicted molar refractivity (Wildman–Crippen MR) is 147 cm³/mol. The number of fused-ring (bicyclic) bond motifs is 2. The standard InChI is InChI=1S/C31H37N3O5/c1-37-26-11-9-22(18-28(26)38-2)30-24-5-3-4-6-25(24)31(36)34(32-30)23-13-15-33(16-14-23)19-20-7-8-21-10-12-29(35)39-27(21)17-20/h7-9,11,17-18,23-25H,3-6,10,12-16,19H2,1-2H3. The van der Waals surface area contributed by atoms with Crippen molar-refractivity contribution in [3.63, 3.8) is 0 Å². The zero-order valence-electron chi connectivity index (χ0n) is 22.9. The molecule has 0 radical (unpaired) electrons. The molecule has 3 aliphatic heterocycles. The third-order valence-corrected chi connectivity index (χ3v) is 8.82. The second-order valence-corrected chi connectivity index (χ2v) is 11.2. The van der Waals surface area contributed by atoms with Crippen molar-refractivity contribution in [2.45, 2.75) is 64.0 Å². The number of ether oxygens (including phenoxy) is 3. The summed E-state index contributed by atoms with van der Waals surface area (Å²) in [6.45, 7) is 2.58. The van der Waals surface area contributed by atoms with Crippen LogP contribution in [0, 0.1) is 11.8 Å². The molecule has 0 N–H and O–H groups in total. The minimum absolute atomic E-state index is 0.00409. The largest absolute Gasteiger partial charge is 0.493 e. The lowest BCUT2D eigenvalue weighted by Gasteiger charge is -2.43. The van der Waals surface area contributed by atoms with Crippen molar-refractivity contribution in [1.29, 1.82) is 0 Å².